The van der Waals surface area contributed by atoms with Crippen LogP contribution in [0.4, 0.5) is 13.2 Å². The van der Waals surface area contributed by atoms with E-state index in [1.54, 1.807) is 13.2 Å². The number of nitrogens with zero attached hydrogens (tertiary/aromatic N) is 3. The summed E-state index contributed by atoms with van der Waals surface area (Å²) in [7, 11) is 0. The molecule has 0 unspecified atom stereocenters. The number of aromatic nitrogens is 1. The van der Waals surface area contributed by atoms with Gasteiger partial charge in [-0.3, -0.25) is 4.90 Å². The van der Waals surface area contributed by atoms with Crippen molar-refractivity contribution in [2.24, 2.45) is 5.41 Å². The summed E-state index contributed by atoms with van der Waals surface area (Å²) < 4.78 is 45.6. The molecule has 25 heavy (non-hydrogen) atoms. The number of halogens is 3. The van der Waals surface area contributed by atoms with Crippen LogP contribution in [0.1, 0.15) is 17.1 Å². The minimum Gasteiger partial charge on any atom is -0.468 e. The van der Waals surface area contributed by atoms with E-state index in [0.717, 1.165) is 49.4 Å². The van der Waals surface area contributed by atoms with Crippen LogP contribution < -0.4 is 0 Å². The number of aryl methyl sites for hydroxylation is 1. The summed E-state index contributed by atoms with van der Waals surface area (Å²) in [5.74, 6) is 0.979. The maximum atomic E-state index is 12.7. The van der Waals surface area contributed by atoms with E-state index in [1.165, 1.54) is 18.0 Å². The molecule has 0 aromatic carbocycles. The van der Waals surface area contributed by atoms with Crippen molar-refractivity contribution in [2.45, 2.75) is 24.5 Å². The first-order chi connectivity index (χ1) is 11.8. The summed E-state index contributed by atoms with van der Waals surface area (Å²) in [4.78, 5) is 6.83. The van der Waals surface area contributed by atoms with Crippen molar-refractivity contribution in [2.75, 3.05) is 26.2 Å². The Hall–Kier alpha value is -1.51. The Morgan fingerprint density at radius 1 is 1.20 bits per heavy atom. The largest absolute Gasteiger partial charge is 0.468 e. The van der Waals surface area contributed by atoms with Crippen LogP contribution in [0.2, 0.25) is 0 Å². The molecule has 2 aliphatic rings. The molecule has 2 aromatic heterocycles. The normalized spacial score (nSPS) is 20.5. The maximum absolute atomic E-state index is 12.7. The number of likely N-dealkylation sites (tertiary alicyclic amines) is 1. The highest BCUT2D eigenvalue weighted by Gasteiger charge is 2.52. The highest BCUT2D eigenvalue weighted by molar-refractivity contribution is 7.97. The second-order valence-corrected chi connectivity index (χ2v) is 8.03. The Kier molecular flexibility index (Phi) is 4.09. The molecule has 2 saturated heterocycles. The molecule has 2 fully saturated rings. The lowest BCUT2D eigenvalue weighted by Gasteiger charge is -2.59. The smallest absolute Gasteiger partial charge is 0.433 e. The van der Waals surface area contributed by atoms with Crippen molar-refractivity contribution in [3.8, 4) is 0 Å². The highest BCUT2D eigenvalue weighted by atomic mass is 32.2. The molecule has 0 saturated carbocycles. The Bertz CT molecular complexity index is 749. The van der Waals surface area contributed by atoms with Gasteiger partial charge in [0, 0.05) is 36.5 Å². The molecule has 0 aliphatic carbocycles. The van der Waals surface area contributed by atoms with Crippen molar-refractivity contribution in [1.29, 1.82) is 0 Å². The van der Waals surface area contributed by atoms with E-state index >= 15 is 0 Å². The molecule has 0 amide bonds. The van der Waals surface area contributed by atoms with Gasteiger partial charge in [0.05, 0.1) is 18.5 Å². The minimum absolute atomic E-state index is 0.326. The maximum Gasteiger partial charge on any atom is 0.433 e. The van der Waals surface area contributed by atoms with Crippen molar-refractivity contribution >= 4 is 11.9 Å². The van der Waals surface area contributed by atoms with Crippen LogP contribution in [0.25, 0.3) is 0 Å². The van der Waals surface area contributed by atoms with Crippen molar-refractivity contribution < 1.29 is 17.6 Å². The summed E-state index contributed by atoms with van der Waals surface area (Å²) in [5, 5.41) is 0. The number of alkyl halides is 3. The van der Waals surface area contributed by atoms with E-state index in [1.807, 2.05) is 12.1 Å². The van der Waals surface area contributed by atoms with E-state index in [2.05, 4.69) is 14.2 Å². The fourth-order valence-electron chi connectivity index (χ4n) is 3.55. The second kappa shape index (κ2) is 6.03. The Labute approximate surface area is 148 Å². The number of pyridine rings is 1. The summed E-state index contributed by atoms with van der Waals surface area (Å²) >= 11 is 1.50. The summed E-state index contributed by atoms with van der Waals surface area (Å²) in [6, 6.07) is 6.45. The van der Waals surface area contributed by atoms with E-state index in [4.69, 9.17) is 4.42 Å². The lowest BCUT2D eigenvalue weighted by Crippen LogP contribution is -2.70. The zero-order valence-corrected chi connectivity index (χ0v) is 14.5. The van der Waals surface area contributed by atoms with Gasteiger partial charge < -0.3 is 4.42 Å². The van der Waals surface area contributed by atoms with Gasteiger partial charge in [0.1, 0.15) is 11.5 Å². The van der Waals surface area contributed by atoms with Gasteiger partial charge in [-0.15, -0.1) is 0 Å². The third-order valence-electron chi connectivity index (χ3n) is 4.66. The van der Waals surface area contributed by atoms with Gasteiger partial charge >= 0.3 is 6.18 Å². The van der Waals surface area contributed by atoms with Gasteiger partial charge in [0.15, 0.2) is 0 Å². The quantitative estimate of drug-likeness (QED) is 0.765. The standard InChI is InChI=1S/C17H18F3N3OS/c1-12-14(4-5-15(21-12)17(18,19)20)25-23-10-16(11-23)8-22(9-16)7-13-3-2-6-24-13/h2-6H,7-11H2,1H3. The predicted molar refractivity (Wildman–Crippen MR) is 87.8 cm³/mol. The topological polar surface area (TPSA) is 32.5 Å². The molecule has 0 atom stereocenters. The van der Waals surface area contributed by atoms with Crippen molar-refractivity contribution in [3.63, 3.8) is 0 Å². The Morgan fingerprint density at radius 2 is 1.96 bits per heavy atom. The van der Waals surface area contributed by atoms with Crippen LogP contribution in [0.5, 0.6) is 0 Å². The SMILES string of the molecule is Cc1nc(C(F)(F)F)ccc1SN1CC2(CN(Cc3ccco3)C2)C1. The van der Waals surface area contributed by atoms with Gasteiger partial charge in [-0.1, -0.05) is 0 Å². The molecule has 4 rings (SSSR count). The molecule has 0 bridgehead atoms. The van der Waals surface area contributed by atoms with E-state index in [9.17, 15) is 13.2 Å². The first kappa shape index (κ1) is 16.9. The summed E-state index contributed by atoms with van der Waals surface area (Å²) in [6.45, 7) is 6.44. The predicted octanol–water partition coefficient (Wildman–Crippen LogP) is 3.83. The molecule has 0 N–H and O–H groups in total. The Morgan fingerprint density at radius 3 is 2.56 bits per heavy atom. The lowest BCUT2D eigenvalue weighted by molar-refractivity contribution is -0.141. The molecule has 8 heteroatoms. The van der Waals surface area contributed by atoms with Crippen molar-refractivity contribution in [1.82, 2.24) is 14.2 Å². The van der Waals surface area contributed by atoms with E-state index in [0.29, 0.717) is 11.1 Å². The van der Waals surface area contributed by atoms with Gasteiger partial charge in [-0.25, -0.2) is 9.29 Å². The van der Waals surface area contributed by atoms with E-state index in [-0.39, 0.29) is 0 Å². The average molecular weight is 369 g/mol. The number of hydrogen-bond donors (Lipinski definition) is 0. The average Bonchev–Trinajstić information content (AvgIpc) is 2.96. The molecule has 134 valence electrons. The van der Waals surface area contributed by atoms with Crippen LogP contribution in [-0.2, 0) is 12.7 Å². The first-order valence-electron chi connectivity index (χ1n) is 8.06. The summed E-state index contributed by atoms with van der Waals surface area (Å²) in [6.07, 6.45) is -2.70. The molecule has 0 radical (unpaired) electrons. The lowest BCUT2D eigenvalue weighted by atomic mass is 9.74. The molecule has 4 heterocycles. The Balaban J connectivity index is 1.28. The first-order valence-corrected chi connectivity index (χ1v) is 8.83. The van der Waals surface area contributed by atoms with Crippen molar-refractivity contribution in [3.05, 3.63) is 47.7 Å². The van der Waals surface area contributed by atoms with Crippen LogP contribution in [0, 0.1) is 12.3 Å². The van der Waals surface area contributed by atoms with Gasteiger partial charge in [-0.2, -0.15) is 13.2 Å². The summed E-state index contributed by atoms with van der Waals surface area (Å²) in [5.41, 5.74) is -0.0804. The fraction of sp³-hybridized carbons (Fsp3) is 0.471. The number of rotatable bonds is 4. The molecule has 4 nitrogen and oxygen atoms in total. The number of hydrogen-bond acceptors (Lipinski definition) is 5. The molecule has 2 aromatic rings. The fourth-order valence-corrected chi connectivity index (χ4v) is 4.81. The van der Waals surface area contributed by atoms with Gasteiger partial charge in [0.2, 0.25) is 0 Å². The van der Waals surface area contributed by atoms with Crippen LogP contribution in [0.15, 0.2) is 39.8 Å². The zero-order chi connectivity index (χ0) is 17.7. The monoisotopic (exact) mass is 369 g/mol. The third-order valence-corrected chi connectivity index (χ3v) is 5.80. The van der Waals surface area contributed by atoms with Crippen LogP contribution >= 0.6 is 11.9 Å². The van der Waals surface area contributed by atoms with E-state index < -0.39 is 11.9 Å². The van der Waals surface area contributed by atoms with Crippen LogP contribution in [-0.4, -0.2) is 40.4 Å². The van der Waals surface area contributed by atoms with Crippen LogP contribution in [0.3, 0.4) is 0 Å². The molecular weight excluding hydrogens is 351 g/mol. The molecular formula is C17H18F3N3OS. The minimum atomic E-state index is -4.39. The highest BCUT2D eigenvalue weighted by Crippen LogP contribution is 2.45. The molecule has 1 spiro atoms. The second-order valence-electron chi connectivity index (χ2n) is 6.89. The third kappa shape index (κ3) is 3.43. The molecule has 2 aliphatic heterocycles. The van der Waals surface area contributed by atoms with Gasteiger partial charge in [0.25, 0.3) is 0 Å². The zero-order valence-electron chi connectivity index (χ0n) is 13.7. The number of furan rings is 1. The van der Waals surface area contributed by atoms with Gasteiger partial charge in [-0.05, 0) is 43.1 Å².